The number of aromatic amines is 1. The molecule has 3 N–H and O–H groups in total. The number of halogens is 2. The van der Waals surface area contributed by atoms with Crippen LogP contribution in [0.4, 0.5) is 17.2 Å². The maximum atomic E-state index is 12.6. The number of nitrogens with zero attached hydrogens (tertiary/aromatic N) is 2. The predicted octanol–water partition coefficient (Wildman–Crippen LogP) is 4.97. The summed E-state index contributed by atoms with van der Waals surface area (Å²) in [4.78, 5) is 22.5. The maximum Gasteiger partial charge on any atom is 0.259 e. The molecule has 1 fully saturated rings. The number of hydrogen-bond acceptors (Lipinski definition) is 5. The highest BCUT2D eigenvalue weighted by Gasteiger charge is 2.14. The zero-order chi connectivity index (χ0) is 22.8. The number of anilines is 3. The second kappa shape index (κ2) is 9.43. The Balaban J connectivity index is 1.49. The number of piperazine rings is 1. The molecule has 8 heteroatoms. The molecule has 1 saturated heterocycles. The molecule has 6 nitrogen and oxygen atoms in total. The molecular weight excluding hydrogens is 457 g/mol. The predicted molar refractivity (Wildman–Crippen MR) is 136 cm³/mol. The van der Waals surface area contributed by atoms with E-state index in [0.29, 0.717) is 27.7 Å². The van der Waals surface area contributed by atoms with Gasteiger partial charge in [0.15, 0.2) is 0 Å². The van der Waals surface area contributed by atoms with Crippen molar-refractivity contribution in [3.63, 3.8) is 0 Å². The van der Waals surface area contributed by atoms with E-state index in [1.54, 1.807) is 6.20 Å². The number of benzene rings is 2. The lowest BCUT2D eigenvalue weighted by atomic mass is 10.1. The van der Waals surface area contributed by atoms with E-state index in [2.05, 4.69) is 32.7 Å². The molecule has 0 saturated carbocycles. The number of H-pyrrole nitrogens is 1. The van der Waals surface area contributed by atoms with Crippen molar-refractivity contribution in [2.75, 3.05) is 36.4 Å². The Morgan fingerprint density at radius 2 is 1.73 bits per heavy atom. The second-order valence-corrected chi connectivity index (χ2v) is 8.83. The van der Waals surface area contributed by atoms with Crippen molar-refractivity contribution in [2.45, 2.75) is 6.42 Å². The zero-order valence-electron chi connectivity index (χ0n) is 17.9. The minimum absolute atomic E-state index is 0.192. The highest BCUT2D eigenvalue weighted by molar-refractivity contribution is 6.36. The van der Waals surface area contributed by atoms with Crippen molar-refractivity contribution in [1.29, 1.82) is 0 Å². The molecule has 0 radical (unpaired) electrons. The summed E-state index contributed by atoms with van der Waals surface area (Å²) in [7, 11) is 0. The average molecular weight is 480 g/mol. The molecule has 0 aliphatic carbocycles. The molecule has 3 heterocycles. The Hall–Kier alpha value is -3.06. The van der Waals surface area contributed by atoms with Gasteiger partial charge in [-0.15, -0.1) is 0 Å². The minimum atomic E-state index is -0.192. The van der Waals surface area contributed by atoms with Gasteiger partial charge in [0.2, 0.25) is 0 Å². The van der Waals surface area contributed by atoms with Crippen LogP contribution in [0.3, 0.4) is 0 Å². The van der Waals surface area contributed by atoms with E-state index in [1.807, 2.05) is 42.5 Å². The standard InChI is InChI=1S/C25H23Cl2N5O/c26-21-2-1-3-22(27)20(21)15-18-14-16-8-9-29-25(33)23(16)24(31-18)30-17-4-6-19(7-5-17)32-12-10-28-11-13-32/h1-9,14,28H,10-13,15H2,(H,29,33)(H,30,31). The van der Waals surface area contributed by atoms with Gasteiger partial charge < -0.3 is 20.5 Å². The van der Waals surface area contributed by atoms with Crippen molar-refractivity contribution in [2.24, 2.45) is 0 Å². The first-order valence-electron chi connectivity index (χ1n) is 10.9. The van der Waals surface area contributed by atoms with Gasteiger partial charge in [-0.1, -0.05) is 29.3 Å². The first-order valence-corrected chi connectivity index (χ1v) is 11.6. The third kappa shape index (κ3) is 4.69. The Kier molecular flexibility index (Phi) is 6.22. The van der Waals surface area contributed by atoms with Crippen LogP contribution in [0.5, 0.6) is 0 Å². The number of rotatable bonds is 5. The van der Waals surface area contributed by atoms with Crippen molar-refractivity contribution >= 4 is 51.2 Å². The fourth-order valence-electron chi connectivity index (χ4n) is 4.15. The molecule has 5 rings (SSSR count). The molecule has 168 valence electrons. The molecular formula is C25H23Cl2N5O. The van der Waals surface area contributed by atoms with Crippen LogP contribution in [0.15, 0.2) is 65.6 Å². The quantitative estimate of drug-likeness (QED) is 0.376. The number of aromatic nitrogens is 2. The summed E-state index contributed by atoms with van der Waals surface area (Å²) in [6.07, 6.45) is 2.10. The number of pyridine rings is 2. The molecule has 0 spiro atoms. The molecule has 2 aromatic heterocycles. The number of nitrogens with one attached hydrogen (secondary N) is 3. The minimum Gasteiger partial charge on any atom is -0.369 e. The SMILES string of the molecule is O=c1[nH]ccc2cc(Cc3c(Cl)cccc3Cl)nc(Nc3ccc(N4CCNCC4)cc3)c12. The molecule has 4 aromatic rings. The molecule has 1 aliphatic heterocycles. The van der Waals surface area contributed by atoms with E-state index in [9.17, 15) is 4.79 Å². The summed E-state index contributed by atoms with van der Waals surface area (Å²) in [5.74, 6) is 0.502. The van der Waals surface area contributed by atoms with Crippen LogP contribution in [-0.4, -0.2) is 36.1 Å². The van der Waals surface area contributed by atoms with Crippen molar-refractivity contribution in [3.05, 3.63) is 92.5 Å². The summed E-state index contributed by atoms with van der Waals surface area (Å²) < 4.78 is 0. The summed E-state index contributed by atoms with van der Waals surface area (Å²) in [5.41, 5.74) is 3.42. The van der Waals surface area contributed by atoms with Gasteiger partial charge in [-0.25, -0.2) is 4.98 Å². The lowest BCUT2D eigenvalue weighted by Gasteiger charge is -2.29. The van der Waals surface area contributed by atoms with E-state index >= 15 is 0 Å². The van der Waals surface area contributed by atoms with Crippen LogP contribution < -0.4 is 21.1 Å². The van der Waals surface area contributed by atoms with Gasteiger partial charge in [0.25, 0.3) is 5.56 Å². The Morgan fingerprint density at radius 1 is 1.00 bits per heavy atom. The molecule has 2 aromatic carbocycles. The van der Waals surface area contributed by atoms with E-state index in [1.165, 1.54) is 5.69 Å². The lowest BCUT2D eigenvalue weighted by Crippen LogP contribution is -2.43. The zero-order valence-corrected chi connectivity index (χ0v) is 19.4. The monoisotopic (exact) mass is 479 g/mol. The van der Waals surface area contributed by atoms with Crippen LogP contribution in [0.25, 0.3) is 10.8 Å². The van der Waals surface area contributed by atoms with E-state index in [4.69, 9.17) is 28.2 Å². The van der Waals surface area contributed by atoms with Crippen molar-refractivity contribution in [1.82, 2.24) is 15.3 Å². The van der Waals surface area contributed by atoms with Crippen LogP contribution in [-0.2, 0) is 6.42 Å². The van der Waals surface area contributed by atoms with Gasteiger partial charge >= 0.3 is 0 Å². The van der Waals surface area contributed by atoms with Gasteiger partial charge in [0.05, 0.1) is 5.39 Å². The van der Waals surface area contributed by atoms with Gasteiger partial charge in [-0.05, 0) is 59.5 Å². The normalized spacial score (nSPS) is 13.9. The van der Waals surface area contributed by atoms with Gasteiger partial charge in [-0.3, -0.25) is 4.79 Å². The van der Waals surface area contributed by atoms with E-state index in [-0.39, 0.29) is 5.56 Å². The van der Waals surface area contributed by atoms with E-state index < -0.39 is 0 Å². The summed E-state index contributed by atoms with van der Waals surface area (Å²) in [5, 5.41) is 9.21. The first-order chi connectivity index (χ1) is 16.1. The third-order valence-electron chi connectivity index (χ3n) is 5.84. The van der Waals surface area contributed by atoms with Crippen molar-refractivity contribution < 1.29 is 0 Å². The summed E-state index contributed by atoms with van der Waals surface area (Å²) in [6.45, 7) is 3.95. The Bertz CT molecular complexity index is 1330. The van der Waals surface area contributed by atoms with Gasteiger partial charge in [0.1, 0.15) is 5.82 Å². The van der Waals surface area contributed by atoms with Gasteiger partial charge in [0, 0.05) is 65.9 Å². The average Bonchev–Trinajstić information content (AvgIpc) is 2.82. The largest absolute Gasteiger partial charge is 0.369 e. The second-order valence-electron chi connectivity index (χ2n) is 8.02. The molecule has 0 unspecified atom stereocenters. The molecule has 0 atom stereocenters. The third-order valence-corrected chi connectivity index (χ3v) is 6.55. The van der Waals surface area contributed by atoms with Crippen LogP contribution in [0, 0.1) is 0 Å². The number of hydrogen-bond donors (Lipinski definition) is 3. The molecule has 33 heavy (non-hydrogen) atoms. The summed E-state index contributed by atoms with van der Waals surface area (Å²) >= 11 is 12.8. The highest BCUT2D eigenvalue weighted by atomic mass is 35.5. The molecule has 1 aliphatic rings. The maximum absolute atomic E-state index is 12.6. The Labute approximate surface area is 201 Å². The molecule has 0 bridgehead atoms. The number of fused-ring (bicyclic) bond motifs is 1. The fraction of sp³-hybridized carbons (Fsp3) is 0.200. The van der Waals surface area contributed by atoms with Crippen molar-refractivity contribution in [3.8, 4) is 0 Å². The molecule has 0 amide bonds. The van der Waals surface area contributed by atoms with Crippen LogP contribution in [0.2, 0.25) is 10.0 Å². The van der Waals surface area contributed by atoms with Crippen LogP contribution in [0.1, 0.15) is 11.3 Å². The fourth-order valence-corrected chi connectivity index (χ4v) is 4.68. The summed E-state index contributed by atoms with van der Waals surface area (Å²) in [6, 6.07) is 17.4. The van der Waals surface area contributed by atoms with E-state index in [0.717, 1.165) is 48.5 Å². The Morgan fingerprint density at radius 3 is 2.45 bits per heavy atom. The highest BCUT2D eigenvalue weighted by Crippen LogP contribution is 2.29. The van der Waals surface area contributed by atoms with Crippen LogP contribution >= 0.6 is 23.2 Å². The first kappa shape index (κ1) is 21.8. The van der Waals surface area contributed by atoms with Gasteiger partial charge in [-0.2, -0.15) is 0 Å². The topological polar surface area (TPSA) is 73.0 Å². The lowest BCUT2D eigenvalue weighted by molar-refractivity contribution is 0.589. The smallest absolute Gasteiger partial charge is 0.259 e.